The maximum Gasteiger partial charge on any atom is 0.410 e. The standard InChI is InChI=1S/C11H16N4O2/c1-17-11(16)15-7-4-9-8(3-6-13-14-9)10(15)2-5-12/h3,6,10H,2,4-5,7,12H2,1H3. The predicted molar refractivity (Wildman–Crippen MR) is 61.3 cm³/mol. The fraction of sp³-hybridized carbons (Fsp3) is 0.545. The van der Waals surface area contributed by atoms with E-state index >= 15 is 0 Å². The van der Waals surface area contributed by atoms with Crippen LogP contribution >= 0.6 is 0 Å². The summed E-state index contributed by atoms with van der Waals surface area (Å²) in [6, 6.07) is 1.85. The minimum Gasteiger partial charge on any atom is -0.453 e. The van der Waals surface area contributed by atoms with Crippen LogP contribution < -0.4 is 5.73 Å². The third-order valence-electron chi connectivity index (χ3n) is 3.01. The van der Waals surface area contributed by atoms with Gasteiger partial charge in [0.2, 0.25) is 0 Å². The first-order chi connectivity index (χ1) is 8.27. The molecule has 0 saturated carbocycles. The summed E-state index contributed by atoms with van der Waals surface area (Å²) in [6.45, 7) is 1.11. The van der Waals surface area contributed by atoms with Crippen molar-refractivity contribution in [1.29, 1.82) is 0 Å². The third kappa shape index (κ3) is 2.21. The molecule has 1 amide bonds. The second-order valence-corrected chi connectivity index (χ2v) is 3.94. The lowest BCUT2D eigenvalue weighted by Gasteiger charge is -2.35. The summed E-state index contributed by atoms with van der Waals surface area (Å²) in [5, 5.41) is 7.97. The van der Waals surface area contributed by atoms with Crippen LogP contribution in [0.15, 0.2) is 12.3 Å². The molecule has 6 nitrogen and oxygen atoms in total. The summed E-state index contributed by atoms with van der Waals surface area (Å²) in [7, 11) is 1.39. The van der Waals surface area contributed by atoms with Gasteiger partial charge in [0.25, 0.3) is 0 Å². The Bertz CT molecular complexity index is 410. The average Bonchev–Trinajstić information content (AvgIpc) is 2.38. The molecule has 2 rings (SSSR count). The molecule has 1 aliphatic heterocycles. The first-order valence-corrected chi connectivity index (χ1v) is 5.63. The Balaban J connectivity index is 2.32. The van der Waals surface area contributed by atoms with Gasteiger partial charge in [0.1, 0.15) is 0 Å². The molecule has 0 saturated heterocycles. The zero-order chi connectivity index (χ0) is 12.3. The van der Waals surface area contributed by atoms with Crippen LogP contribution in [0.3, 0.4) is 0 Å². The van der Waals surface area contributed by atoms with Crippen molar-refractivity contribution >= 4 is 6.09 Å². The molecule has 0 aromatic carbocycles. The quantitative estimate of drug-likeness (QED) is 0.808. The Morgan fingerprint density at radius 3 is 3.24 bits per heavy atom. The highest BCUT2D eigenvalue weighted by molar-refractivity contribution is 5.68. The molecule has 0 bridgehead atoms. The van der Waals surface area contributed by atoms with E-state index in [4.69, 9.17) is 10.5 Å². The topological polar surface area (TPSA) is 81.3 Å². The molecule has 92 valence electrons. The van der Waals surface area contributed by atoms with Crippen LogP contribution in [0.5, 0.6) is 0 Å². The van der Waals surface area contributed by atoms with Crippen molar-refractivity contribution < 1.29 is 9.53 Å². The molecule has 1 unspecified atom stereocenters. The first-order valence-electron chi connectivity index (χ1n) is 5.63. The molecule has 6 heteroatoms. The van der Waals surface area contributed by atoms with Gasteiger partial charge in [-0.3, -0.25) is 0 Å². The number of hydrogen-bond acceptors (Lipinski definition) is 5. The molecule has 2 N–H and O–H groups in total. The van der Waals surface area contributed by atoms with Gasteiger partial charge in [-0.25, -0.2) is 4.79 Å². The van der Waals surface area contributed by atoms with Crippen LogP contribution in [0, 0.1) is 0 Å². The van der Waals surface area contributed by atoms with E-state index in [2.05, 4.69) is 10.2 Å². The Morgan fingerprint density at radius 1 is 1.71 bits per heavy atom. The summed E-state index contributed by atoms with van der Waals surface area (Å²) in [4.78, 5) is 13.4. The van der Waals surface area contributed by atoms with Crippen LogP contribution in [-0.2, 0) is 11.2 Å². The highest BCUT2D eigenvalue weighted by Gasteiger charge is 2.31. The maximum atomic E-state index is 11.7. The average molecular weight is 236 g/mol. The van der Waals surface area contributed by atoms with E-state index in [1.165, 1.54) is 7.11 Å². The lowest BCUT2D eigenvalue weighted by Crippen LogP contribution is -2.41. The van der Waals surface area contributed by atoms with Crippen molar-refractivity contribution in [2.24, 2.45) is 5.73 Å². The number of nitrogens with zero attached hydrogens (tertiary/aromatic N) is 3. The smallest absolute Gasteiger partial charge is 0.410 e. The Kier molecular flexibility index (Phi) is 3.53. The molecule has 1 aliphatic rings. The van der Waals surface area contributed by atoms with Crippen molar-refractivity contribution in [2.75, 3.05) is 20.2 Å². The SMILES string of the molecule is COC(=O)N1CCc2nnccc2C1CCN. The van der Waals surface area contributed by atoms with Crippen LogP contribution in [0.4, 0.5) is 4.79 Å². The van der Waals surface area contributed by atoms with Gasteiger partial charge in [-0.1, -0.05) is 0 Å². The van der Waals surface area contributed by atoms with Gasteiger partial charge in [0, 0.05) is 19.2 Å². The Hall–Kier alpha value is -1.69. The number of fused-ring (bicyclic) bond motifs is 1. The van der Waals surface area contributed by atoms with Crippen molar-refractivity contribution in [3.63, 3.8) is 0 Å². The summed E-state index contributed by atoms with van der Waals surface area (Å²) < 4.78 is 4.79. The highest BCUT2D eigenvalue weighted by atomic mass is 16.5. The zero-order valence-corrected chi connectivity index (χ0v) is 9.80. The molecule has 1 aromatic heterocycles. The number of hydrogen-bond donors (Lipinski definition) is 1. The fourth-order valence-electron chi connectivity index (χ4n) is 2.22. The number of amides is 1. The van der Waals surface area contributed by atoms with Gasteiger partial charge in [-0.05, 0) is 24.6 Å². The zero-order valence-electron chi connectivity index (χ0n) is 9.80. The highest BCUT2D eigenvalue weighted by Crippen LogP contribution is 2.30. The molecule has 2 heterocycles. The van der Waals surface area contributed by atoms with Crippen LogP contribution in [0.1, 0.15) is 23.7 Å². The molecule has 1 aromatic rings. The summed E-state index contributed by atoms with van der Waals surface area (Å²) in [5.41, 5.74) is 7.59. The van der Waals surface area contributed by atoms with Crippen molar-refractivity contribution in [1.82, 2.24) is 15.1 Å². The van der Waals surface area contributed by atoms with E-state index in [-0.39, 0.29) is 12.1 Å². The van der Waals surface area contributed by atoms with Crippen LogP contribution in [0.25, 0.3) is 0 Å². The fourth-order valence-corrected chi connectivity index (χ4v) is 2.22. The summed E-state index contributed by atoms with van der Waals surface area (Å²) >= 11 is 0. The monoisotopic (exact) mass is 236 g/mol. The van der Waals surface area contributed by atoms with Gasteiger partial charge in [-0.2, -0.15) is 10.2 Å². The lowest BCUT2D eigenvalue weighted by atomic mass is 9.95. The second-order valence-electron chi connectivity index (χ2n) is 3.94. The minimum atomic E-state index is -0.314. The number of aromatic nitrogens is 2. The van der Waals surface area contributed by atoms with Crippen LogP contribution in [0.2, 0.25) is 0 Å². The van der Waals surface area contributed by atoms with Gasteiger partial charge in [0.05, 0.1) is 18.8 Å². The predicted octanol–water partition coefficient (Wildman–Crippen LogP) is 0.491. The van der Waals surface area contributed by atoms with E-state index in [0.717, 1.165) is 11.3 Å². The van der Waals surface area contributed by atoms with Crippen molar-refractivity contribution in [3.05, 3.63) is 23.5 Å². The van der Waals surface area contributed by atoms with Crippen molar-refractivity contribution in [2.45, 2.75) is 18.9 Å². The molecule has 1 atom stereocenters. The van der Waals surface area contributed by atoms with Gasteiger partial charge in [0.15, 0.2) is 0 Å². The molecule has 0 fully saturated rings. The number of ether oxygens (including phenoxy) is 1. The van der Waals surface area contributed by atoms with Gasteiger partial charge < -0.3 is 15.4 Å². The summed E-state index contributed by atoms with van der Waals surface area (Å²) in [6.07, 6.45) is 2.74. The van der Waals surface area contributed by atoms with E-state index in [1.54, 1.807) is 11.1 Å². The Morgan fingerprint density at radius 2 is 2.53 bits per heavy atom. The van der Waals surface area contributed by atoms with E-state index in [1.807, 2.05) is 6.07 Å². The number of rotatable bonds is 2. The minimum absolute atomic E-state index is 0.0494. The largest absolute Gasteiger partial charge is 0.453 e. The van der Waals surface area contributed by atoms with Crippen molar-refractivity contribution in [3.8, 4) is 0 Å². The van der Waals surface area contributed by atoms with Gasteiger partial charge >= 0.3 is 6.09 Å². The first kappa shape index (κ1) is 11.8. The number of methoxy groups -OCH3 is 1. The maximum absolute atomic E-state index is 11.7. The third-order valence-corrected chi connectivity index (χ3v) is 3.01. The van der Waals surface area contributed by atoms with E-state index in [9.17, 15) is 4.79 Å². The van der Waals surface area contributed by atoms with Gasteiger partial charge in [-0.15, -0.1) is 0 Å². The van der Waals surface area contributed by atoms with E-state index < -0.39 is 0 Å². The second kappa shape index (κ2) is 5.09. The normalized spacial score (nSPS) is 18.7. The molecular formula is C11H16N4O2. The molecular weight excluding hydrogens is 220 g/mol. The number of carbonyl (C=O) groups is 1. The molecule has 0 aliphatic carbocycles. The van der Waals surface area contributed by atoms with E-state index in [0.29, 0.717) is 25.9 Å². The van der Waals surface area contributed by atoms with Crippen LogP contribution in [-0.4, -0.2) is 41.4 Å². The summed E-state index contributed by atoms with van der Waals surface area (Å²) in [5.74, 6) is 0. The lowest BCUT2D eigenvalue weighted by molar-refractivity contribution is 0.0983. The molecule has 0 radical (unpaired) electrons. The molecule has 0 spiro atoms. The number of carbonyl (C=O) groups excluding carboxylic acids is 1. The Labute approximate surface area is 99.8 Å². The number of nitrogens with two attached hydrogens (primary N) is 1. The molecule has 17 heavy (non-hydrogen) atoms.